The second-order valence-corrected chi connectivity index (χ2v) is 4.53. The number of benzene rings is 1. The molecule has 0 spiro atoms. The van der Waals surface area contributed by atoms with Crippen LogP contribution in [0.4, 0.5) is 0 Å². The normalized spacial score (nSPS) is 18.8. The van der Waals surface area contributed by atoms with Gasteiger partial charge in [-0.25, -0.2) is 0 Å². The van der Waals surface area contributed by atoms with E-state index in [0.29, 0.717) is 36.8 Å². The Morgan fingerprint density at radius 2 is 2.00 bits per heavy atom. The number of hydrogen-bond acceptors (Lipinski definition) is 5. The zero-order valence-corrected chi connectivity index (χ0v) is 11.7. The summed E-state index contributed by atoms with van der Waals surface area (Å²) in [6.07, 6.45) is -0.319. The Labute approximate surface area is 117 Å². The van der Waals surface area contributed by atoms with Gasteiger partial charge in [-0.05, 0) is 12.1 Å². The lowest BCUT2D eigenvalue weighted by atomic mass is 10.1. The number of rotatable bonds is 4. The molecule has 1 N–H and O–H groups in total. The summed E-state index contributed by atoms with van der Waals surface area (Å²) >= 11 is 0. The lowest BCUT2D eigenvalue weighted by Crippen LogP contribution is -2.46. The number of ether oxygens (including phenoxy) is 3. The molecule has 1 aromatic carbocycles. The number of aliphatic hydroxyl groups excluding tert-OH is 1. The second kappa shape index (κ2) is 6.58. The van der Waals surface area contributed by atoms with Crippen LogP contribution >= 0.6 is 0 Å². The quantitative estimate of drug-likeness (QED) is 0.872. The highest BCUT2D eigenvalue weighted by molar-refractivity contribution is 5.95. The molecule has 1 fully saturated rings. The fourth-order valence-electron chi connectivity index (χ4n) is 2.13. The van der Waals surface area contributed by atoms with Gasteiger partial charge in [0.25, 0.3) is 5.91 Å². The van der Waals surface area contributed by atoms with Gasteiger partial charge >= 0.3 is 0 Å². The molecular formula is C14H19NO5. The van der Waals surface area contributed by atoms with E-state index >= 15 is 0 Å². The minimum atomic E-state index is -0.319. The van der Waals surface area contributed by atoms with E-state index in [1.807, 2.05) is 0 Å². The van der Waals surface area contributed by atoms with Gasteiger partial charge in [0, 0.05) is 24.7 Å². The predicted molar refractivity (Wildman–Crippen MR) is 72.3 cm³/mol. The Hall–Kier alpha value is -1.79. The van der Waals surface area contributed by atoms with Crippen molar-refractivity contribution in [2.24, 2.45) is 0 Å². The lowest BCUT2D eigenvalue weighted by molar-refractivity contribution is -0.0447. The highest BCUT2D eigenvalue weighted by Crippen LogP contribution is 2.24. The minimum absolute atomic E-state index is 0.0921. The van der Waals surface area contributed by atoms with Crippen molar-refractivity contribution in [3.63, 3.8) is 0 Å². The Kier molecular flexibility index (Phi) is 4.81. The molecule has 0 aromatic heterocycles. The fourth-order valence-corrected chi connectivity index (χ4v) is 2.13. The van der Waals surface area contributed by atoms with Gasteiger partial charge in [0.15, 0.2) is 0 Å². The first kappa shape index (κ1) is 14.6. The number of morpholine rings is 1. The topological polar surface area (TPSA) is 68.2 Å². The summed E-state index contributed by atoms with van der Waals surface area (Å²) in [5, 5.41) is 9.12. The van der Waals surface area contributed by atoms with Crippen LogP contribution in [0.1, 0.15) is 10.4 Å². The van der Waals surface area contributed by atoms with E-state index in [9.17, 15) is 4.79 Å². The third-order valence-corrected chi connectivity index (χ3v) is 3.23. The van der Waals surface area contributed by atoms with Gasteiger partial charge in [0.1, 0.15) is 11.5 Å². The summed E-state index contributed by atoms with van der Waals surface area (Å²) < 4.78 is 15.7. The molecule has 110 valence electrons. The van der Waals surface area contributed by atoms with Gasteiger partial charge in [0.2, 0.25) is 0 Å². The second-order valence-electron chi connectivity index (χ2n) is 4.53. The van der Waals surface area contributed by atoms with E-state index in [1.54, 1.807) is 37.3 Å². The van der Waals surface area contributed by atoms with E-state index < -0.39 is 0 Å². The molecule has 1 heterocycles. The Morgan fingerprint density at radius 1 is 1.35 bits per heavy atom. The first-order valence-electron chi connectivity index (χ1n) is 6.42. The van der Waals surface area contributed by atoms with Crippen molar-refractivity contribution in [1.29, 1.82) is 0 Å². The summed E-state index contributed by atoms with van der Waals surface area (Å²) in [5.74, 6) is 1.02. The number of hydrogen-bond donors (Lipinski definition) is 1. The van der Waals surface area contributed by atoms with Crippen molar-refractivity contribution >= 4 is 5.91 Å². The molecule has 1 atom stereocenters. The fraction of sp³-hybridized carbons (Fsp3) is 0.500. The molecule has 1 aliphatic heterocycles. The Bertz CT molecular complexity index is 454. The summed E-state index contributed by atoms with van der Waals surface area (Å²) in [4.78, 5) is 14.1. The number of aliphatic hydroxyl groups is 1. The van der Waals surface area contributed by atoms with Gasteiger partial charge in [-0.2, -0.15) is 0 Å². The van der Waals surface area contributed by atoms with Gasteiger partial charge in [-0.1, -0.05) is 0 Å². The number of carbonyl (C=O) groups is 1. The third-order valence-electron chi connectivity index (χ3n) is 3.23. The van der Waals surface area contributed by atoms with Crippen molar-refractivity contribution in [3.05, 3.63) is 23.8 Å². The molecule has 2 rings (SSSR count). The van der Waals surface area contributed by atoms with E-state index in [1.165, 1.54) is 0 Å². The number of carbonyl (C=O) groups excluding carboxylic acids is 1. The molecule has 0 radical (unpaired) electrons. The first-order valence-corrected chi connectivity index (χ1v) is 6.42. The first-order chi connectivity index (χ1) is 9.67. The average Bonchev–Trinajstić information content (AvgIpc) is 2.53. The van der Waals surface area contributed by atoms with E-state index in [0.717, 1.165) is 0 Å². The average molecular weight is 281 g/mol. The molecule has 0 saturated carbocycles. The molecule has 6 nitrogen and oxygen atoms in total. The van der Waals surface area contributed by atoms with E-state index in [-0.39, 0.29) is 18.6 Å². The van der Waals surface area contributed by atoms with Crippen molar-refractivity contribution < 1.29 is 24.1 Å². The summed E-state index contributed by atoms with van der Waals surface area (Å²) in [6, 6.07) is 5.06. The van der Waals surface area contributed by atoms with Crippen LogP contribution < -0.4 is 9.47 Å². The lowest BCUT2D eigenvalue weighted by Gasteiger charge is -2.32. The Morgan fingerprint density at radius 3 is 2.55 bits per heavy atom. The molecule has 20 heavy (non-hydrogen) atoms. The monoisotopic (exact) mass is 281 g/mol. The number of methoxy groups -OCH3 is 2. The standard InChI is InChI=1S/C14H19NO5/c1-18-11-5-10(6-12(7-11)19-2)14(17)15-3-4-20-13(8-15)9-16/h5-7,13,16H,3-4,8-9H2,1-2H3. The SMILES string of the molecule is COc1cc(OC)cc(C(=O)N2CCOC(CO)C2)c1. The van der Waals surface area contributed by atoms with E-state index in [2.05, 4.69) is 0 Å². The van der Waals surface area contributed by atoms with Crippen LogP contribution in [0.15, 0.2) is 18.2 Å². The molecule has 0 bridgehead atoms. The van der Waals surface area contributed by atoms with Crippen molar-refractivity contribution in [2.75, 3.05) is 40.5 Å². The zero-order valence-electron chi connectivity index (χ0n) is 11.7. The Balaban J connectivity index is 2.19. The summed E-state index contributed by atoms with van der Waals surface area (Å²) in [7, 11) is 3.08. The van der Waals surface area contributed by atoms with Gasteiger partial charge in [-0.15, -0.1) is 0 Å². The van der Waals surface area contributed by atoms with Gasteiger partial charge in [0.05, 0.1) is 33.5 Å². The summed E-state index contributed by atoms with van der Waals surface area (Å²) in [5.41, 5.74) is 0.500. The molecule has 0 aliphatic carbocycles. The van der Waals surface area contributed by atoms with Crippen LogP contribution in [0.3, 0.4) is 0 Å². The molecule has 6 heteroatoms. The zero-order chi connectivity index (χ0) is 14.5. The summed E-state index contributed by atoms with van der Waals surface area (Å²) in [6.45, 7) is 1.23. The van der Waals surface area contributed by atoms with Crippen LogP contribution in [0.25, 0.3) is 0 Å². The molecular weight excluding hydrogens is 262 g/mol. The molecule has 1 unspecified atom stereocenters. The minimum Gasteiger partial charge on any atom is -0.497 e. The maximum absolute atomic E-state index is 12.5. The van der Waals surface area contributed by atoms with E-state index in [4.69, 9.17) is 19.3 Å². The molecule has 1 saturated heterocycles. The molecule has 1 aliphatic rings. The van der Waals surface area contributed by atoms with Crippen LogP contribution in [0.2, 0.25) is 0 Å². The maximum Gasteiger partial charge on any atom is 0.254 e. The van der Waals surface area contributed by atoms with Crippen molar-refractivity contribution in [1.82, 2.24) is 4.90 Å². The van der Waals surface area contributed by atoms with Crippen molar-refractivity contribution in [3.8, 4) is 11.5 Å². The van der Waals surface area contributed by atoms with Crippen LogP contribution in [0, 0.1) is 0 Å². The van der Waals surface area contributed by atoms with Gasteiger partial charge < -0.3 is 24.2 Å². The van der Waals surface area contributed by atoms with Crippen LogP contribution in [-0.4, -0.2) is 62.5 Å². The maximum atomic E-state index is 12.5. The molecule has 1 aromatic rings. The largest absolute Gasteiger partial charge is 0.497 e. The molecule has 1 amide bonds. The number of amides is 1. The highest BCUT2D eigenvalue weighted by atomic mass is 16.5. The predicted octanol–water partition coefficient (Wildman–Crippen LogP) is 0.537. The van der Waals surface area contributed by atoms with Crippen LogP contribution in [-0.2, 0) is 4.74 Å². The van der Waals surface area contributed by atoms with Crippen LogP contribution in [0.5, 0.6) is 11.5 Å². The van der Waals surface area contributed by atoms with Crippen molar-refractivity contribution in [2.45, 2.75) is 6.10 Å². The number of nitrogens with zero attached hydrogens (tertiary/aromatic N) is 1. The highest BCUT2D eigenvalue weighted by Gasteiger charge is 2.25. The third kappa shape index (κ3) is 3.20. The van der Waals surface area contributed by atoms with Gasteiger partial charge in [-0.3, -0.25) is 4.79 Å². The smallest absolute Gasteiger partial charge is 0.254 e.